The lowest BCUT2D eigenvalue weighted by Gasteiger charge is -2.32. The molecule has 1 unspecified atom stereocenters. The van der Waals surface area contributed by atoms with E-state index < -0.39 is 10.0 Å². The zero-order valence-electron chi connectivity index (χ0n) is 12.1. The SMILES string of the molecule is CC1CNCCN1S(=O)(=O)c1ccc2cc(Br)ccc2c1.Cl. The Bertz CT molecular complexity index is 782. The van der Waals surface area contributed by atoms with E-state index >= 15 is 0 Å². The minimum Gasteiger partial charge on any atom is -0.314 e. The van der Waals surface area contributed by atoms with Crippen LogP contribution < -0.4 is 5.32 Å². The first-order chi connectivity index (χ1) is 9.98. The van der Waals surface area contributed by atoms with Crippen LogP contribution in [0.1, 0.15) is 6.92 Å². The molecule has 4 nitrogen and oxygen atoms in total. The van der Waals surface area contributed by atoms with Crippen molar-refractivity contribution in [2.45, 2.75) is 17.9 Å². The summed E-state index contributed by atoms with van der Waals surface area (Å²) in [4.78, 5) is 0.367. The van der Waals surface area contributed by atoms with Gasteiger partial charge in [-0.25, -0.2) is 8.42 Å². The molecule has 2 aromatic carbocycles. The van der Waals surface area contributed by atoms with Crippen LogP contribution in [0.2, 0.25) is 0 Å². The minimum atomic E-state index is -3.43. The van der Waals surface area contributed by atoms with E-state index in [0.29, 0.717) is 24.5 Å². The molecule has 1 fully saturated rings. The van der Waals surface area contributed by atoms with Crippen molar-refractivity contribution in [3.05, 3.63) is 40.9 Å². The Kier molecular flexibility index (Phi) is 5.50. The second-order valence-corrected chi connectivity index (χ2v) is 8.13. The highest BCUT2D eigenvalue weighted by molar-refractivity contribution is 9.10. The van der Waals surface area contributed by atoms with Gasteiger partial charge in [0.25, 0.3) is 0 Å². The van der Waals surface area contributed by atoms with E-state index in [9.17, 15) is 8.42 Å². The van der Waals surface area contributed by atoms with Crippen LogP contribution in [0.15, 0.2) is 45.8 Å². The lowest BCUT2D eigenvalue weighted by Crippen LogP contribution is -2.52. The molecule has 120 valence electrons. The summed E-state index contributed by atoms with van der Waals surface area (Å²) in [6, 6.07) is 11.1. The molecule has 1 heterocycles. The van der Waals surface area contributed by atoms with E-state index in [0.717, 1.165) is 15.2 Å². The maximum atomic E-state index is 12.8. The molecular weight excluding hydrogens is 388 g/mol. The standard InChI is InChI=1S/C15H17BrN2O2S.ClH/c1-11-10-17-6-7-18(11)21(19,20)15-5-3-12-8-14(16)4-2-13(12)9-15;/h2-5,8-9,11,17H,6-7,10H2,1H3;1H. The van der Waals surface area contributed by atoms with Crippen molar-refractivity contribution in [2.24, 2.45) is 0 Å². The van der Waals surface area contributed by atoms with Crippen LogP contribution in [0.5, 0.6) is 0 Å². The predicted molar refractivity (Wildman–Crippen MR) is 95.1 cm³/mol. The van der Waals surface area contributed by atoms with Crippen LogP contribution in [0, 0.1) is 0 Å². The van der Waals surface area contributed by atoms with Crippen LogP contribution in [-0.2, 0) is 10.0 Å². The van der Waals surface area contributed by atoms with Gasteiger partial charge in [0.2, 0.25) is 10.0 Å². The lowest BCUT2D eigenvalue weighted by molar-refractivity contribution is 0.284. The van der Waals surface area contributed by atoms with Crippen LogP contribution >= 0.6 is 28.3 Å². The topological polar surface area (TPSA) is 49.4 Å². The third kappa shape index (κ3) is 3.31. The molecule has 0 bridgehead atoms. The first kappa shape index (κ1) is 17.7. The van der Waals surface area contributed by atoms with Gasteiger partial charge in [0.1, 0.15) is 0 Å². The van der Waals surface area contributed by atoms with Crippen LogP contribution in [0.4, 0.5) is 0 Å². The highest BCUT2D eigenvalue weighted by Gasteiger charge is 2.30. The third-order valence-electron chi connectivity index (χ3n) is 3.82. The third-order valence-corrected chi connectivity index (χ3v) is 6.32. The normalized spacial score (nSPS) is 19.8. The van der Waals surface area contributed by atoms with E-state index in [4.69, 9.17) is 0 Å². The van der Waals surface area contributed by atoms with E-state index in [2.05, 4.69) is 21.2 Å². The Hall–Kier alpha value is -0.660. The molecule has 1 aliphatic heterocycles. The summed E-state index contributed by atoms with van der Waals surface area (Å²) >= 11 is 3.43. The van der Waals surface area contributed by atoms with E-state index in [1.165, 1.54) is 0 Å². The van der Waals surface area contributed by atoms with Gasteiger partial charge in [-0.2, -0.15) is 4.31 Å². The van der Waals surface area contributed by atoms with Crippen molar-refractivity contribution in [2.75, 3.05) is 19.6 Å². The molecule has 22 heavy (non-hydrogen) atoms. The Morgan fingerprint density at radius 1 is 1.18 bits per heavy atom. The first-order valence-electron chi connectivity index (χ1n) is 6.90. The summed E-state index contributed by atoms with van der Waals surface area (Å²) < 4.78 is 28.2. The maximum absolute atomic E-state index is 12.8. The molecule has 0 radical (unpaired) electrons. The summed E-state index contributed by atoms with van der Waals surface area (Å²) in [5, 5.41) is 5.17. The van der Waals surface area contributed by atoms with E-state index in [-0.39, 0.29) is 18.4 Å². The zero-order chi connectivity index (χ0) is 15.0. The number of hydrogen-bond acceptors (Lipinski definition) is 3. The predicted octanol–water partition coefficient (Wildman–Crippen LogP) is 3.01. The second kappa shape index (κ2) is 6.84. The molecule has 7 heteroatoms. The molecule has 0 saturated carbocycles. The molecular formula is C15H18BrClN2O2S. The van der Waals surface area contributed by atoms with Crippen molar-refractivity contribution in [3.8, 4) is 0 Å². The fourth-order valence-corrected chi connectivity index (χ4v) is 4.72. The van der Waals surface area contributed by atoms with Crippen LogP contribution in [-0.4, -0.2) is 38.4 Å². The molecule has 1 N–H and O–H groups in total. The van der Waals surface area contributed by atoms with Crippen LogP contribution in [0.3, 0.4) is 0 Å². The lowest BCUT2D eigenvalue weighted by atomic mass is 10.1. The van der Waals surface area contributed by atoms with Gasteiger partial charge in [-0.05, 0) is 42.0 Å². The molecule has 2 aromatic rings. The quantitative estimate of drug-likeness (QED) is 0.835. The number of benzene rings is 2. The van der Waals surface area contributed by atoms with E-state index in [1.54, 1.807) is 16.4 Å². The maximum Gasteiger partial charge on any atom is 0.243 e. The van der Waals surface area contributed by atoms with Crippen molar-refractivity contribution in [3.63, 3.8) is 0 Å². The number of piperazine rings is 1. The number of sulfonamides is 1. The fourth-order valence-electron chi connectivity index (χ4n) is 2.67. The average molecular weight is 406 g/mol. The van der Waals surface area contributed by atoms with Gasteiger partial charge in [0.05, 0.1) is 4.90 Å². The first-order valence-corrected chi connectivity index (χ1v) is 9.14. The smallest absolute Gasteiger partial charge is 0.243 e. The Morgan fingerprint density at radius 3 is 2.59 bits per heavy atom. The van der Waals surface area contributed by atoms with Crippen LogP contribution in [0.25, 0.3) is 10.8 Å². The number of nitrogens with one attached hydrogen (secondary N) is 1. The molecule has 0 aromatic heterocycles. The zero-order valence-corrected chi connectivity index (χ0v) is 15.3. The highest BCUT2D eigenvalue weighted by atomic mass is 79.9. The summed E-state index contributed by atoms with van der Waals surface area (Å²) in [6.07, 6.45) is 0. The van der Waals surface area contributed by atoms with Gasteiger partial charge >= 0.3 is 0 Å². The highest BCUT2D eigenvalue weighted by Crippen LogP contribution is 2.25. The summed E-state index contributed by atoms with van der Waals surface area (Å²) in [7, 11) is -3.43. The monoisotopic (exact) mass is 404 g/mol. The average Bonchev–Trinajstić information content (AvgIpc) is 2.47. The summed E-state index contributed by atoms with van der Waals surface area (Å²) in [6.45, 7) is 3.84. The molecule has 0 spiro atoms. The Labute approximate surface area is 145 Å². The van der Waals surface area contributed by atoms with Gasteiger partial charge < -0.3 is 5.32 Å². The molecule has 1 atom stereocenters. The van der Waals surface area contributed by atoms with Crippen molar-refractivity contribution in [1.29, 1.82) is 0 Å². The number of fused-ring (bicyclic) bond motifs is 1. The molecule has 3 rings (SSSR count). The van der Waals surface area contributed by atoms with Crippen molar-refractivity contribution in [1.82, 2.24) is 9.62 Å². The summed E-state index contributed by atoms with van der Waals surface area (Å²) in [5.74, 6) is 0. The number of halogens is 2. The van der Waals surface area contributed by atoms with Crippen molar-refractivity contribution >= 4 is 49.1 Å². The molecule has 1 saturated heterocycles. The largest absolute Gasteiger partial charge is 0.314 e. The van der Waals surface area contributed by atoms with Gasteiger partial charge in [0, 0.05) is 30.1 Å². The van der Waals surface area contributed by atoms with Gasteiger partial charge in [-0.3, -0.25) is 0 Å². The minimum absolute atomic E-state index is 0. The molecule has 0 aliphatic carbocycles. The number of rotatable bonds is 2. The number of nitrogens with zero attached hydrogens (tertiary/aromatic N) is 1. The molecule has 0 amide bonds. The summed E-state index contributed by atoms with van der Waals surface area (Å²) in [5.41, 5.74) is 0. The Balaban J connectivity index is 0.00000176. The van der Waals surface area contributed by atoms with Gasteiger partial charge in [-0.15, -0.1) is 12.4 Å². The second-order valence-electron chi connectivity index (χ2n) is 5.32. The number of hydrogen-bond donors (Lipinski definition) is 1. The van der Waals surface area contributed by atoms with Gasteiger partial charge in [-0.1, -0.05) is 28.1 Å². The molecule has 1 aliphatic rings. The fraction of sp³-hybridized carbons (Fsp3) is 0.333. The van der Waals surface area contributed by atoms with Crippen molar-refractivity contribution < 1.29 is 8.42 Å². The Morgan fingerprint density at radius 2 is 1.86 bits per heavy atom. The van der Waals surface area contributed by atoms with Gasteiger partial charge in [0.15, 0.2) is 0 Å². The van der Waals surface area contributed by atoms with E-state index in [1.807, 2.05) is 31.2 Å².